The van der Waals surface area contributed by atoms with Crippen LogP contribution < -0.4 is 20.3 Å². The Morgan fingerprint density at radius 3 is 2.34 bits per heavy atom. The van der Waals surface area contributed by atoms with Crippen molar-refractivity contribution in [1.82, 2.24) is 0 Å². The number of amides is 3. The maximum Gasteiger partial charge on any atom is 0.573 e. The minimum atomic E-state index is -4.60. The molecule has 3 amide bonds. The van der Waals surface area contributed by atoms with Crippen molar-refractivity contribution in [2.24, 2.45) is 9.98 Å². The number of nitrogens with one attached hydrogen (secondary N) is 2. The van der Waals surface area contributed by atoms with E-state index in [4.69, 9.17) is 10.1 Å². The van der Waals surface area contributed by atoms with Crippen LogP contribution in [-0.2, 0) is 16.1 Å². The number of urea groups is 1. The second-order valence-corrected chi connectivity index (χ2v) is 12.3. The molecule has 268 valence electrons. The fourth-order valence-electron chi connectivity index (χ4n) is 4.12. The Kier molecular flexibility index (Phi) is 14.5. The predicted octanol–water partition coefficient (Wildman–Crippen LogP) is 8.33. The highest BCUT2D eigenvalue weighted by Gasteiger charge is 2.33. The molecule has 9 nitrogen and oxygen atoms in total. The quantitative estimate of drug-likeness (QED) is 0.0991. The third-order valence-corrected chi connectivity index (χ3v) is 7.83. The maximum atomic E-state index is 12.8. The highest BCUT2D eigenvalue weighted by Crippen LogP contribution is 2.32. The summed E-state index contributed by atoms with van der Waals surface area (Å²) in [6.45, 7) is 3.79. The smallest absolute Gasteiger partial charge is 0.406 e. The highest BCUT2D eigenvalue weighted by atomic mass is 32.2. The molecule has 1 unspecified atom stereocenters. The Morgan fingerprint density at radius 2 is 1.72 bits per heavy atom. The van der Waals surface area contributed by atoms with Gasteiger partial charge in [-0.25, -0.2) is 9.79 Å². The number of alkyl halides is 6. The van der Waals surface area contributed by atoms with Crippen molar-refractivity contribution in [2.75, 3.05) is 22.6 Å². The van der Waals surface area contributed by atoms with Gasteiger partial charge in [0.2, 0.25) is 5.91 Å². The zero-order valence-corrected chi connectivity index (χ0v) is 29.1. The first-order valence-electron chi connectivity index (χ1n) is 14.9. The van der Waals surface area contributed by atoms with Crippen LogP contribution >= 0.6 is 21.0 Å². The molecule has 1 aliphatic heterocycles. The fourth-order valence-corrected chi connectivity index (χ4v) is 5.32. The van der Waals surface area contributed by atoms with Gasteiger partial charge < -0.3 is 14.8 Å². The minimum Gasteiger partial charge on any atom is -0.406 e. The van der Waals surface area contributed by atoms with E-state index in [1.54, 1.807) is 68.6 Å². The van der Waals surface area contributed by atoms with Gasteiger partial charge in [-0.05, 0) is 67.5 Å². The van der Waals surface area contributed by atoms with Crippen molar-refractivity contribution in [2.45, 2.75) is 52.8 Å². The van der Waals surface area contributed by atoms with Crippen LogP contribution in [0.3, 0.4) is 0 Å². The first kappa shape index (κ1) is 40.2. The molecule has 1 heterocycles. The molecule has 0 spiro atoms. The van der Waals surface area contributed by atoms with E-state index in [9.17, 15) is 35.9 Å². The number of thioether (sulfide) groups is 1. The molecule has 0 radical (unpaired) electrons. The van der Waals surface area contributed by atoms with Crippen molar-refractivity contribution >= 4 is 66.8 Å². The number of rotatable bonds is 9. The lowest BCUT2D eigenvalue weighted by Crippen LogP contribution is -2.31. The maximum absolute atomic E-state index is 12.8. The van der Waals surface area contributed by atoms with Crippen LogP contribution in [0.15, 0.2) is 70.6 Å². The molecule has 17 heteroatoms. The third kappa shape index (κ3) is 13.2. The van der Waals surface area contributed by atoms with Gasteiger partial charge in [-0.1, -0.05) is 54.9 Å². The normalized spacial score (nSPS) is 14.2. The number of amidine groups is 2. The second kappa shape index (κ2) is 18.1. The third-order valence-electron chi connectivity index (χ3n) is 6.43. The van der Waals surface area contributed by atoms with Crippen molar-refractivity contribution in [1.29, 1.82) is 5.41 Å². The SMILES string of the molecule is CCCC=NC(=N)c1ccc(NC(=O)/N=C2\SCC(=O)N2c2cc(C)ccc2COCC(F)(F)F)c(P)c1.Cc1ccc(OC(F)(F)F)cc1. The first-order chi connectivity index (χ1) is 23.5. The number of halogens is 6. The molecular weight excluding hydrogens is 707 g/mol. The lowest BCUT2D eigenvalue weighted by Gasteiger charge is -2.21. The molecule has 0 bridgehead atoms. The molecule has 3 aromatic rings. The van der Waals surface area contributed by atoms with Crippen LogP contribution in [0.5, 0.6) is 5.75 Å². The number of nitrogens with zero attached hydrogens (tertiary/aromatic N) is 3. The van der Waals surface area contributed by atoms with Gasteiger partial charge >= 0.3 is 18.6 Å². The van der Waals surface area contributed by atoms with E-state index < -0.39 is 25.2 Å². The molecule has 2 N–H and O–H groups in total. The molecule has 50 heavy (non-hydrogen) atoms. The van der Waals surface area contributed by atoms with Gasteiger partial charge in [-0.15, -0.1) is 22.4 Å². The van der Waals surface area contributed by atoms with Gasteiger partial charge in [0.1, 0.15) is 12.4 Å². The summed E-state index contributed by atoms with van der Waals surface area (Å²) in [4.78, 5) is 34.9. The summed E-state index contributed by atoms with van der Waals surface area (Å²) in [5.41, 5.74) is 3.35. The standard InChI is InChI=1S/C25H27F3N5O3PS.C8H7F3O/c1-3-4-9-30-22(29)16-7-8-18(20(37)11-16)31-23(35)32-24-33(21(34)13-38-24)19-10-15(2)5-6-17(19)12-36-14-25(26,27)28;1-6-2-4-7(5-3-6)12-8(9,10)11/h5-11,29H,3-4,12-14,37H2,1-2H3,(H,31,35);2-5H,1H3/b29-22?,30-9?,32-24-;. The average molecular weight is 742 g/mol. The molecule has 0 aromatic heterocycles. The Morgan fingerprint density at radius 1 is 1.04 bits per heavy atom. The number of carbonyl (C=O) groups is 2. The van der Waals surface area contributed by atoms with Crippen molar-refractivity contribution in [3.05, 3.63) is 82.9 Å². The van der Waals surface area contributed by atoms with E-state index in [1.165, 1.54) is 17.0 Å². The molecule has 1 saturated heterocycles. The van der Waals surface area contributed by atoms with E-state index in [2.05, 4.69) is 29.3 Å². The number of aliphatic imine (C=N–C) groups is 2. The van der Waals surface area contributed by atoms with Gasteiger partial charge in [0.15, 0.2) is 11.0 Å². The van der Waals surface area contributed by atoms with Crippen LogP contribution in [-0.4, -0.2) is 54.1 Å². The average Bonchev–Trinajstić information content (AvgIpc) is 3.38. The van der Waals surface area contributed by atoms with E-state index in [1.807, 2.05) is 6.92 Å². The summed E-state index contributed by atoms with van der Waals surface area (Å²) >= 11 is 1.05. The summed E-state index contributed by atoms with van der Waals surface area (Å²) in [7, 11) is 2.49. The van der Waals surface area contributed by atoms with Crippen LogP contribution in [0.1, 0.15) is 42.0 Å². The van der Waals surface area contributed by atoms with Crippen LogP contribution in [0, 0.1) is 19.3 Å². The van der Waals surface area contributed by atoms with Gasteiger partial charge in [0.05, 0.1) is 18.0 Å². The zero-order valence-electron chi connectivity index (χ0n) is 27.1. The molecule has 4 rings (SSSR count). The molecule has 1 aliphatic rings. The molecule has 1 fully saturated rings. The number of carbonyl (C=O) groups excluding carboxylic acids is 2. The monoisotopic (exact) mass is 741 g/mol. The first-order valence-corrected chi connectivity index (χ1v) is 16.4. The lowest BCUT2D eigenvalue weighted by molar-refractivity contribution is -0.274. The summed E-state index contributed by atoms with van der Waals surface area (Å²) in [5.74, 6) is -0.423. The highest BCUT2D eigenvalue weighted by molar-refractivity contribution is 8.15. The Balaban J connectivity index is 0.000000474. The molecule has 0 aliphatic carbocycles. The summed E-state index contributed by atoms with van der Waals surface area (Å²) in [6.07, 6.45) is -5.70. The van der Waals surface area contributed by atoms with Crippen molar-refractivity contribution < 1.29 is 45.4 Å². The van der Waals surface area contributed by atoms with Gasteiger partial charge in [0, 0.05) is 23.0 Å². The van der Waals surface area contributed by atoms with Crippen LogP contribution in [0.4, 0.5) is 42.5 Å². The van der Waals surface area contributed by atoms with Crippen molar-refractivity contribution in [3.8, 4) is 5.75 Å². The summed E-state index contributed by atoms with van der Waals surface area (Å²) < 4.78 is 81.0. The number of ether oxygens (including phenoxy) is 2. The summed E-state index contributed by atoms with van der Waals surface area (Å²) in [5, 5.41) is 11.4. The van der Waals surface area contributed by atoms with Gasteiger partial charge in [-0.3, -0.25) is 15.1 Å². The van der Waals surface area contributed by atoms with Gasteiger partial charge in [0.25, 0.3) is 0 Å². The number of hydrogen-bond donors (Lipinski definition) is 2. The number of unbranched alkanes of at least 4 members (excludes halogenated alkanes) is 1. The molecule has 0 saturated carbocycles. The minimum absolute atomic E-state index is 0.0210. The van der Waals surface area contributed by atoms with Crippen molar-refractivity contribution in [3.63, 3.8) is 0 Å². The Hall–Kier alpha value is -4.27. The molecular formula is C33H34F6N5O4PS. The molecule has 3 aromatic carbocycles. The van der Waals surface area contributed by atoms with E-state index in [0.717, 1.165) is 35.7 Å². The van der Waals surface area contributed by atoms with E-state index >= 15 is 0 Å². The second-order valence-electron chi connectivity index (χ2n) is 10.7. The number of hydrogen-bond acceptors (Lipinski definition) is 6. The van der Waals surface area contributed by atoms with Crippen LogP contribution in [0.2, 0.25) is 0 Å². The van der Waals surface area contributed by atoms with Gasteiger partial charge in [-0.2, -0.15) is 18.2 Å². The number of anilines is 2. The molecule has 1 atom stereocenters. The lowest BCUT2D eigenvalue weighted by atomic mass is 10.1. The number of aryl methyl sites for hydroxylation is 2. The number of benzene rings is 3. The Bertz CT molecular complexity index is 1730. The Labute approximate surface area is 291 Å². The largest absolute Gasteiger partial charge is 0.573 e. The topological polar surface area (TPSA) is 116 Å². The fraction of sp³-hybridized carbons (Fsp3) is 0.303. The zero-order chi connectivity index (χ0) is 37.1. The van der Waals surface area contributed by atoms with Crippen LogP contribution in [0.25, 0.3) is 0 Å². The predicted molar refractivity (Wildman–Crippen MR) is 187 cm³/mol. The summed E-state index contributed by atoms with van der Waals surface area (Å²) in [6, 6.07) is 14.8. The van der Waals surface area contributed by atoms with E-state index in [-0.39, 0.29) is 35.0 Å². The van der Waals surface area contributed by atoms with E-state index in [0.29, 0.717) is 27.8 Å².